The minimum absolute atomic E-state index is 0.109. The van der Waals surface area contributed by atoms with Crippen molar-refractivity contribution in [2.24, 2.45) is 0 Å². The number of benzene rings is 2. The van der Waals surface area contributed by atoms with E-state index >= 15 is 8.78 Å². The van der Waals surface area contributed by atoms with E-state index in [1.54, 1.807) is 42.3 Å². The molecule has 1 saturated carbocycles. The van der Waals surface area contributed by atoms with E-state index in [4.69, 9.17) is 27.2 Å². The molecule has 0 aliphatic heterocycles. The number of fused-ring (bicyclic) bond motifs is 1. The molecular formula is C31H37ClF2N6O3S. The number of pyridine rings is 1. The van der Waals surface area contributed by atoms with E-state index in [9.17, 15) is 8.42 Å². The van der Waals surface area contributed by atoms with Crippen molar-refractivity contribution in [3.63, 3.8) is 0 Å². The van der Waals surface area contributed by atoms with Crippen LogP contribution < -0.4 is 15.8 Å². The molecular weight excluding hydrogens is 610 g/mol. The van der Waals surface area contributed by atoms with E-state index in [1.807, 2.05) is 13.8 Å². The van der Waals surface area contributed by atoms with Gasteiger partial charge in [0.2, 0.25) is 10.0 Å². The maximum absolute atomic E-state index is 15.7. The Bertz CT molecular complexity index is 1760. The van der Waals surface area contributed by atoms with Gasteiger partial charge in [-0.1, -0.05) is 29.8 Å². The molecule has 2 aromatic heterocycles. The molecule has 0 saturated heterocycles. The van der Waals surface area contributed by atoms with Crippen molar-refractivity contribution < 1.29 is 21.9 Å². The molecule has 9 nitrogen and oxygen atoms in total. The lowest BCUT2D eigenvalue weighted by molar-refractivity contribution is 0.191. The average Bonchev–Trinajstić information content (AvgIpc) is 3.38. The van der Waals surface area contributed by atoms with E-state index in [1.165, 1.54) is 0 Å². The molecule has 13 heteroatoms. The summed E-state index contributed by atoms with van der Waals surface area (Å²) in [4.78, 5) is 4.46. The number of aromatic nitrogens is 3. The van der Waals surface area contributed by atoms with Crippen LogP contribution in [0, 0.1) is 11.6 Å². The zero-order chi connectivity index (χ0) is 31.6. The summed E-state index contributed by atoms with van der Waals surface area (Å²) in [5, 5.41) is 8.96. The standard InChI is InChI=1S/C31H37ClF2N6O3S/c1-18(2)40-30-23(19-8-10-21(11-9-19)36-12-13-43-3)16-37-31(35)28(30)29(38-40)22-14-26(34)27(15-25(22)33)39-44(41,42)17-20-6-4-5-7-24(20)32/h4-7,14-16,18-19,21,36,39H,8-13,17H2,1-3H3,(H2,35,37). The summed E-state index contributed by atoms with van der Waals surface area (Å²) >= 11 is 6.10. The second kappa shape index (κ2) is 13.4. The Morgan fingerprint density at radius 2 is 1.86 bits per heavy atom. The molecule has 0 bridgehead atoms. The molecule has 4 N–H and O–H groups in total. The summed E-state index contributed by atoms with van der Waals surface area (Å²) in [6, 6.07) is 8.48. The number of halogens is 3. The number of rotatable bonds is 11. The lowest BCUT2D eigenvalue weighted by Gasteiger charge is -2.30. The molecule has 0 amide bonds. The van der Waals surface area contributed by atoms with Crippen LogP contribution >= 0.6 is 11.6 Å². The van der Waals surface area contributed by atoms with Gasteiger partial charge in [0.15, 0.2) is 0 Å². The monoisotopic (exact) mass is 646 g/mol. The molecule has 236 valence electrons. The molecule has 2 aromatic carbocycles. The quantitative estimate of drug-likeness (QED) is 0.161. The van der Waals surface area contributed by atoms with Gasteiger partial charge in [-0.15, -0.1) is 0 Å². The summed E-state index contributed by atoms with van der Waals surface area (Å²) in [5.41, 5.74) is 7.93. The van der Waals surface area contributed by atoms with Crippen molar-refractivity contribution in [3.8, 4) is 11.3 Å². The predicted molar refractivity (Wildman–Crippen MR) is 170 cm³/mol. The lowest BCUT2D eigenvalue weighted by atomic mass is 9.81. The molecule has 0 spiro atoms. The second-order valence-electron chi connectivity index (χ2n) is 11.5. The highest BCUT2D eigenvalue weighted by molar-refractivity contribution is 7.91. The summed E-state index contributed by atoms with van der Waals surface area (Å²) < 4.78 is 65.9. The summed E-state index contributed by atoms with van der Waals surface area (Å²) in [6.45, 7) is 5.38. The number of nitrogen functional groups attached to an aromatic ring is 1. The molecule has 1 aliphatic rings. The minimum Gasteiger partial charge on any atom is -0.383 e. The van der Waals surface area contributed by atoms with E-state index in [-0.39, 0.29) is 34.1 Å². The summed E-state index contributed by atoms with van der Waals surface area (Å²) in [7, 11) is -2.42. The van der Waals surface area contributed by atoms with Crippen LogP contribution in [0.2, 0.25) is 5.02 Å². The Morgan fingerprint density at radius 3 is 2.55 bits per heavy atom. The van der Waals surface area contributed by atoms with Gasteiger partial charge in [0, 0.05) is 48.6 Å². The van der Waals surface area contributed by atoms with Crippen LogP contribution in [0.5, 0.6) is 0 Å². The van der Waals surface area contributed by atoms with Crippen LogP contribution in [0.25, 0.3) is 22.2 Å². The number of nitrogens with zero attached hydrogens (tertiary/aromatic N) is 3. The van der Waals surface area contributed by atoms with Crippen molar-refractivity contribution in [1.29, 1.82) is 0 Å². The number of hydrogen-bond acceptors (Lipinski definition) is 7. The molecule has 0 atom stereocenters. The highest BCUT2D eigenvalue weighted by Crippen LogP contribution is 2.42. The minimum atomic E-state index is -4.11. The fourth-order valence-corrected chi connectivity index (χ4v) is 7.39. The van der Waals surface area contributed by atoms with Gasteiger partial charge < -0.3 is 15.8 Å². The largest absolute Gasteiger partial charge is 0.383 e. The van der Waals surface area contributed by atoms with Crippen molar-refractivity contribution in [2.75, 3.05) is 30.7 Å². The van der Waals surface area contributed by atoms with Crippen molar-refractivity contribution in [1.82, 2.24) is 20.1 Å². The molecule has 2 heterocycles. The van der Waals surface area contributed by atoms with Crippen molar-refractivity contribution in [2.45, 2.75) is 63.3 Å². The Kier molecular flexibility index (Phi) is 9.74. The van der Waals surface area contributed by atoms with Crippen molar-refractivity contribution >= 4 is 44.0 Å². The van der Waals surface area contributed by atoms with E-state index < -0.39 is 33.1 Å². The highest BCUT2D eigenvalue weighted by Gasteiger charge is 2.29. The first-order chi connectivity index (χ1) is 21.0. The molecule has 4 aromatic rings. The Morgan fingerprint density at radius 1 is 1.14 bits per heavy atom. The second-order valence-corrected chi connectivity index (χ2v) is 13.6. The molecule has 0 radical (unpaired) electrons. The van der Waals surface area contributed by atoms with Gasteiger partial charge in [0.1, 0.15) is 23.1 Å². The topological polar surface area (TPSA) is 124 Å². The summed E-state index contributed by atoms with van der Waals surface area (Å²) in [6.07, 6.45) is 5.60. The molecule has 5 rings (SSSR count). The maximum atomic E-state index is 15.7. The van der Waals surface area contributed by atoms with Crippen LogP contribution in [-0.4, -0.2) is 49.5 Å². The first kappa shape index (κ1) is 32.1. The van der Waals surface area contributed by atoms with Crippen molar-refractivity contribution in [3.05, 3.63) is 70.4 Å². The van der Waals surface area contributed by atoms with Gasteiger partial charge in [-0.3, -0.25) is 9.40 Å². The van der Waals surface area contributed by atoms with Crippen LogP contribution in [-0.2, 0) is 20.5 Å². The third-order valence-corrected chi connectivity index (χ3v) is 9.65. The SMILES string of the molecule is COCCNC1CCC(c2cnc(N)c3c(-c4cc(F)c(NS(=O)(=O)Cc5ccccc5Cl)cc4F)nn(C(C)C)c23)CC1. The molecule has 1 aliphatic carbocycles. The Balaban J connectivity index is 1.48. The smallest absolute Gasteiger partial charge is 0.237 e. The normalized spacial score (nSPS) is 17.4. The Labute approximate surface area is 261 Å². The van der Waals surface area contributed by atoms with Gasteiger partial charge >= 0.3 is 0 Å². The number of anilines is 2. The van der Waals surface area contributed by atoms with Gasteiger partial charge in [-0.25, -0.2) is 22.2 Å². The van der Waals surface area contributed by atoms with E-state index in [0.717, 1.165) is 55.4 Å². The maximum Gasteiger partial charge on any atom is 0.237 e. The number of nitrogens with two attached hydrogens (primary N) is 1. The molecule has 1 fully saturated rings. The third-order valence-electron chi connectivity index (χ3n) is 8.06. The van der Waals surface area contributed by atoms with Crippen LogP contribution in [0.3, 0.4) is 0 Å². The van der Waals surface area contributed by atoms with Gasteiger partial charge in [0.25, 0.3) is 0 Å². The van der Waals surface area contributed by atoms with E-state index in [2.05, 4.69) is 15.0 Å². The number of methoxy groups -OCH3 is 1. The number of ether oxygens (including phenoxy) is 1. The summed E-state index contributed by atoms with van der Waals surface area (Å²) in [5.74, 6) is -1.97. The number of sulfonamides is 1. The number of hydrogen-bond donors (Lipinski definition) is 3. The highest BCUT2D eigenvalue weighted by atomic mass is 35.5. The predicted octanol–water partition coefficient (Wildman–Crippen LogP) is 6.40. The zero-order valence-corrected chi connectivity index (χ0v) is 26.5. The fourth-order valence-electron chi connectivity index (χ4n) is 5.88. The third kappa shape index (κ3) is 6.83. The Hall–Kier alpha value is -3.32. The fraction of sp³-hybridized carbons (Fsp3) is 0.419. The van der Waals surface area contributed by atoms with Crippen LogP contribution in [0.15, 0.2) is 42.6 Å². The average molecular weight is 647 g/mol. The lowest BCUT2D eigenvalue weighted by Crippen LogP contribution is -2.34. The van der Waals surface area contributed by atoms with Crippen LogP contribution in [0.1, 0.15) is 62.6 Å². The van der Waals surface area contributed by atoms with Gasteiger partial charge in [0.05, 0.1) is 29.0 Å². The van der Waals surface area contributed by atoms with Gasteiger partial charge in [-0.05, 0) is 68.7 Å². The number of nitrogens with one attached hydrogen (secondary N) is 2. The first-order valence-electron chi connectivity index (χ1n) is 14.6. The molecule has 0 unspecified atom stereocenters. The first-order valence-corrected chi connectivity index (χ1v) is 16.6. The van der Waals surface area contributed by atoms with Gasteiger partial charge in [-0.2, -0.15) is 5.10 Å². The molecule has 44 heavy (non-hydrogen) atoms. The zero-order valence-electron chi connectivity index (χ0n) is 24.9. The van der Waals surface area contributed by atoms with Crippen LogP contribution in [0.4, 0.5) is 20.3 Å². The van der Waals surface area contributed by atoms with E-state index in [0.29, 0.717) is 23.6 Å².